The van der Waals surface area contributed by atoms with Crippen molar-refractivity contribution < 1.29 is 14.7 Å². The maximum atomic E-state index is 11.7. The Morgan fingerprint density at radius 3 is 2.63 bits per heavy atom. The van der Waals surface area contributed by atoms with E-state index in [9.17, 15) is 9.59 Å². The zero-order chi connectivity index (χ0) is 13.8. The second-order valence-electron chi connectivity index (χ2n) is 3.61. The van der Waals surface area contributed by atoms with Crippen molar-refractivity contribution in [3.05, 3.63) is 29.8 Å². The molecule has 2 heterocycles. The van der Waals surface area contributed by atoms with Gasteiger partial charge in [0.15, 0.2) is 5.69 Å². The zero-order valence-corrected chi connectivity index (χ0v) is 9.94. The summed E-state index contributed by atoms with van der Waals surface area (Å²) >= 11 is 0. The highest BCUT2D eigenvalue weighted by Gasteiger charge is 2.16. The normalized spacial score (nSPS) is 10.2. The van der Waals surface area contributed by atoms with E-state index in [0.717, 1.165) is 0 Å². The van der Waals surface area contributed by atoms with Crippen LogP contribution < -0.4 is 5.32 Å². The Kier molecular flexibility index (Phi) is 3.46. The van der Waals surface area contributed by atoms with Crippen LogP contribution in [-0.4, -0.2) is 41.9 Å². The third kappa shape index (κ3) is 2.89. The number of aromatic carboxylic acids is 1. The maximum Gasteiger partial charge on any atom is 0.358 e. The number of rotatable bonds is 4. The lowest BCUT2D eigenvalue weighted by atomic mass is 10.3. The van der Waals surface area contributed by atoms with E-state index in [1.165, 1.54) is 24.0 Å². The number of nitrogens with one attached hydrogen (secondary N) is 1. The van der Waals surface area contributed by atoms with Gasteiger partial charge in [-0.05, 0) is 13.0 Å². The molecule has 0 saturated carbocycles. The van der Waals surface area contributed by atoms with Gasteiger partial charge < -0.3 is 5.11 Å². The van der Waals surface area contributed by atoms with Crippen LogP contribution >= 0.6 is 0 Å². The molecule has 0 fully saturated rings. The number of hydrogen-bond acceptors (Lipinski definition) is 6. The Hall–Kier alpha value is -2.84. The van der Waals surface area contributed by atoms with Crippen LogP contribution in [0.5, 0.6) is 0 Å². The van der Waals surface area contributed by atoms with Gasteiger partial charge in [-0.25, -0.2) is 19.4 Å². The number of hydrogen-bond donors (Lipinski definition) is 2. The van der Waals surface area contributed by atoms with Crippen LogP contribution in [0.2, 0.25) is 0 Å². The number of carboxylic acids is 1. The fourth-order valence-corrected chi connectivity index (χ4v) is 1.37. The van der Waals surface area contributed by atoms with E-state index in [2.05, 4.69) is 25.6 Å². The standard InChI is InChI=1S/C10H10N6O3/c1-6-8(9(18)19)14-15-16(6)5-7(17)13-10-11-3-2-4-12-10/h2-4H,5H2,1H3,(H,18,19)(H,11,12,13,17). The summed E-state index contributed by atoms with van der Waals surface area (Å²) < 4.78 is 1.20. The number of carbonyl (C=O) groups excluding carboxylic acids is 1. The van der Waals surface area contributed by atoms with Crippen LogP contribution in [0.3, 0.4) is 0 Å². The minimum Gasteiger partial charge on any atom is -0.476 e. The molecule has 9 nitrogen and oxygen atoms in total. The van der Waals surface area contributed by atoms with E-state index in [-0.39, 0.29) is 18.2 Å². The lowest BCUT2D eigenvalue weighted by molar-refractivity contribution is -0.117. The number of nitrogens with zero attached hydrogens (tertiary/aromatic N) is 5. The van der Waals surface area contributed by atoms with E-state index in [1.807, 2.05) is 0 Å². The lowest BCUT2D eigenvalue weighted by Crippen LogP contribution is -2.21. The van der Waals surface area contributed by atoms with Gasteiger partial charge in [0, 0.05) is 12.4 Å². The fourth-order valence-electron chi connectivity index (χ4n) is 1.37. The first-order chi connectivity index (χ1) is 9.08. The van der Waals surface area contributed by atoms with E-state index < -0.39 is 11.9 Å². The van der Waals surface area contributed by atoms with Crippen LogP contribution in [-0.2, 0) is 11.3 Å². The van der Waals surface area contributed by atoms with Crippen molar-refractivity contribution in [3.63, 3.8) is 0 Å². The van der Waals surface area contributed by atoms with Crippen LogP contribution in [0, 0.1) is 6.92 Å². The highest BCUT2D eigenvalue weighted by Crippen LogP contribution is 2.04. The van der Waals surface area contributed by atoms with Crippen molar-refractivity contribution >= 4 is 17.8 Å². The Morgan fingerprint density at radius 2 is 2.05 bits per heavy atom. The minimum absolute atomic E-state index is 0.162. The summed E-state index contributed by atoms with van der Waals surface area (Å²) in [5, 5.41) is 18.4. The SMILES string of the molecule is Cc1c(C(=O)O)nnn1CC(=O)Nc1ncccn1. The largest absolute Gasteiger partial charge is 0.476 e. The molecule has 1 amide bonds. The summed E-state index contributed by atoms with van der Waals surface area (Å²) in [5.74, 6) is -1.43. The summed E-state index contributed by atoms with van der Waals surface area (Å²) in [5.41, 5.74) is 0.125. The fraction of sp³-hybridized carbons (Fsp3) is 0.200. The molecule has 2 rings (SSSR count). The van der Waals surface area contributed by atoms with E-state index in [4.69, 9.17) is 5.11 Å². The number of amides is 1. The van der Waals surface area contributed by atoms with Gasteiger partial charge in [-0.1, -0.05) is 5.21 Å². The molecule has 0 aliphatic carbocycles. The van der Waals surface area contributed by atoms with Gasteiger partial charge in [0.1, 0.15) is 6.54 Å². The molecule has 0 spiro atoms. The predicted octanol–water partition coefficient (Wildman–Crippen LogP) is -0.287. The average Bonchev–Trinajstić information content (AvgIpc) is 2.72. The molecule has 2 N–H and O–H groups in total. The van der Waals surface area contributed by atoms with Crippen molar-refractivity contribution in [3.8, 4) is 0 Å². The third-order valence-electron chi connectivity index (χ3n) is 2.30. The van der Waals surface area contributed by atoms with Crippen LogP contribution in [0.15, 0.2) is 18.5 Å². The third-order valence-corrected chi connectivity index (χ3v) is 2.30. The number of carbonyl (C=O) groups is 2. The summed E-state index contributed by atoms with van der Waals surface area (Å²) in [6.07, 6.45) is 2.98. The molecular weight excluding hydrogens is 252 g/mol. The topological polar surface area (TPSA) is 123 Å². The minimum atomic E-state index is -1.18. The second-order valence-corrected chi connectivity index (χ2v) is 3.61. The summed E-state index contributed by atoms with van der Waals surface area (Å²) in [6, 6.07) is 1.62. The molecule has 98 valence electrons. The van der Waals surface area contributed by atoms with Gasteiger partial charge in [-0.15, -0.1) is 5.10 Å². The Balaban J connectivity index is 2.05. The van der Waals surface area contributed by atoms with Gasteiger partial charge in [0.05, 0.1) is 5.69 Å². The summed E-state index contributed by atoms with van der Waals surface area (Å²) in [7, 11) is 0. The molecule has 0 saturated heterocycles. The van der Waals surface area contributed by atoms with Gasteiger partial charge in [-0.3, -0.25) is 10.1 Å². The predicted molar refractivity (Wildman–Crippen MR) is 62.4 cm³/mol. The van der Waals surface area contributed by atoms with Crippen LogP contribution in [0.25, 0.3) is 0 Å². The van der Waals surface area contributed by atoms with E-state index in [1.54, 1.807) is 6.07 Å². The Bertz CT molecular complexity index is 609. The Labute approximate surface area is 107 Å². The highest BCUT2D eigenvalue weighted by molar-refractivity contribution is 5.89. The Morgan fingerprint density at radius 1 is 1.37 bits per heavy atom. The van der Waals surface area contributed by atoms with Crippen molar-refractivity contribution in [1.29, 1.82) is 0 Å². The van der Waals surface area contributed by atoms with E-state index in [0.29, 0.717) is 5.69 Å². The van der Waals surface area contributed by atoms with Crippen molar-refractivity contribution in [2.75, 3.05) is 5.32 Å². The first-order valence-electron chi connectivity index (χ1n) is 5.28. The van der Waals surface area contributed by atoms with Crippen LogP contribution in [0.1, 0.15) is 16.2 Å². The molecule has 19 heavy (non-hydrogen) atoms. The van der Waals surface area contributed by atoms with E-state index >= 15 is 0 Å². The maximum absolute atomic E-state index is 11.7. The first kappa shape index (κ1) is 12.6. The first-order valence-corrected chi connectivity index (χ1v) is 5.28. The molecule has 0 bridgehead atoms. The van der Waals surface area contributed by atoms with Crippen LogP contribution in [0.4, 0.5) is 5.95 Å². The molecule has 2 aromatic rings. The summed E-state index contributed by atoms with van der Waals surface area (Å²) in [4.78, 5) is 30.1. The van der Waals surface area contributed by atoms with Gasteiger partial charge in [0.25, 0.3) is 0 Å². The van der Waals surface area contributed by atoms with Gasteiger partial charge in [0.2, 0.25) is 11.9 Å². The van der Waals surface area contributed by atoms with Crippen molar-refractivity contribution in [2.45, 2.75) is 13.5 Å². The quantitative estimate of drug-likeness (QED) is 0.776. The molecule has 9 heteroatoms. The smallest absolute Gasteiger partial charge is 0.358 e. The highest BCUT2D eigenvalue weighted by atomic mass is 16.4. The van der Waals surface area contributed by atoms with Crippen molar-refractivity contribution in [2.24, 2.45) is 0 Å². The zero-order valence-electron chi connectivity index (χ0n) is 9.94. The molecule has 2 aromatic heterocycles. The molecule has 0 aliphatic heterocycles. The molecular formula is C10H10N6O3. The van der Waals surface area contributed by atoms with Crippen molar-refractivity contribution in [1.82, 2.24) is 25.0 Å². The molecule has 0 aromatic carbocycles. The molecule has 0 atom stereocenters. The molecule has 0 unspecified atom stereocenters. The number of aromatic nitrogens is 5. The van der Waals surface area contributed by atoms with Gasteiger partial charge in [-0.2, -0.15) is 0 Å². The molecule has 0 radical (unpaired) electrons. The molecule has 0 aliphatic rings. The number of anilines is 1. The number of carboxylic acid groups (broad SMARTS) is 1. The lowest BCUT2D eigenvalue weighted by Gasteiger charge is -2.04. The second kappa shape index (κ2) is 5.21. The average molecular weight is 262 g/mol. The van der Waals surface area contributed by atoms with Gasteiger partial charge >= 0.3 is 5.97 Å². The summed E-state index contributed by atoms with van der Waals surface area (Å²) in [6.45, 7) is 1.36. The monoisotopic (exact) mass is 262 g/mol.